The van der Waals surface area contributed by atoms with E-state index in [2.05, 4.69) is 0 Å². The van der Waals surface area contributed by atoms with Crippen molar-refractivity contribution in [1.82, 2.24) is 0 Å². The van der Waals surface area contributed by atoms with Gasteiger partial charge in [-0.15, -0.1) is 0 Å². The standard InChI is InChI=1S/C12H12ClF3O2/c1-11(2,6-9(17)18)10-7(12(14,15)16)4-3-5-8(10)13/h3-5H,6H2,1-2H3,(H,17,18). The molecule has 0 unspecified atom stereocenters. The molecule has 0 aliphatic rings. The average molecular weight is 281 g/mol. The molecule has 0 saturated carbocycles. The van der Waals surface area contributed by atoms with Gasteiger partial charge < -0.3 is 5.11 Å². The molecule has 1 N–H and O–H groups in total. The van der Waals surface area contributed by atoms with Crippen LogP contribution in [0.25, 0.3) is 0 Å². The van der Waals surface area contributed by atoms with Gasteiger partial charge in [-0.2, -0.15) is 13.2 Å². The van der Waals surface area contributed by atoms with Crippen LogP contribution in [0.5, 0.6) is 0 Å². The summed E-state index contributed by atoms with van der Waals surface area (Å²) >= 11 is 5.81. The predicted molar refractivity (Wildman–Crippen MR) is 61.7 cm³/mol. The molecule has 1 rings (SSSR count). The first kappa shape index (κ1) is 14.8. The van der Waals surface area contributed by atoms with E-state index in [0.717, 1.165) is 6.07 Å². The van der Waals surface area contributed by atoms with Crippen molar-refractivity contribution in [2.24, 2.45) is 0 Å². The monoisotopic (exact) mass is 280 g/mol. The van der Waals surface area contributed by atoms with Crippen molar-refractivity contribution in [2.45, 2.75) is 31.9 Å². The van der Waals surface area contributed by atoms with Crippen molar-refractivity contribution in [3.63, 3.8) is 0 Å². The normalized spacial score (nSPS) is 12.6. The Labute approximate surface area is 107 Å². The summed E-state index contributed by atoms with van der Waals surface area (Å²) in [6.45, 7) is 2.86. The Balaban J connectivity index is 3.43. The van der Waals surface area contributed by atoms with E-state index in [9.17, 15) is 18.0 Å². The van der Waals surface area contributed by atoms with E-state index >= 15 is 0 Å². The molecule has 0 spiro atoms. The zero-order valence-electron chi connectivity index (χ0n) is 9.81. The average Bonchev–Trinajstić information content (AvgIpc) is 2.13. The largest absolute Gasteiger partial charge is 0.481 e. The number of alkyl halides is 3. The number of hydrogen-bond donors (Lipinski definition) is 1. The Morgan fingerprint density at radius 1 is 1.33 bits per heavy atom. The molecule has 0 atom stereocenters. The molecule has 2 nitrogen and oxygen atoms in total. The Hall–Kier alpha value is -1.23. The molecule has 0 heterocycles. The lowest BCUT2D eigenvalue weighted by Gasteiger charge is -2.28. The lowest BCUT2D eigenvalue weighted by atomic mass is 9.79. The Kier molecular flexibility index (Phi) is 3.96. The number of hydrogen-bond acceptors (Lipinski definition) is 1. The van der Waals surface area contributed by atoms with Gasteiger partial charge in [0.15, 0.2) is 0 Å². The number of halogens is 4. The fraction of sp³-hybridized carbons (Fsp3) is 0.417. The van der Waals surface area contributed by atoms with Crippen molar-refractivity contribution >= 4 is 17.6 Å². The van der Waals surface area contributed by atoms with Gasteiger partial charge in [-0.05, 0) is 17.7 Å². The molecule has 0 amide bonds. The lowest BCUT2D eigenvalue weighted by Crippen LogP contribution is -2.26. The smallest absolute Gasteiger partial charge is 0.416 e. The van der Waals surface area contributed by atoms with Crippen LogP contribution in [0.15, 0.2) is 18.2 Å². The van der Waals surface area contributed by atoms with Crippen molar-refractivity contribution in [3.8, 4) is 0 Å². The fourth-order valence-corrected chi connectivity index (χ4v) is 2.34. The van der Waals surface area contributed by atoms with Crippen LogP contribution in [0.3, 0.4) is 0 Å². The second-order valence-corrected chi connectivity index (χ2v) is 5.02. The third kappa shape index (κ3) is 3.16. The minimum Gasteiger partial charge on any atom is -0.481 e. The Morgan fingerprint density at radius 2 is 1.89 bits per heavy atom. The Morgan fingerprint density at radius 3 is 2.33 bits per heavy atom. The molecule has 0 aliphatic heterocycles. The molecule has 0 aromatic heterocycles. The third-order valence-corrected chi connectivity index (χ3v) is 2.90. The summed E-state index contributed by atoms with van der Waals surface area (Å²) in [6.07, 6.45) is -4.99. The molecule has 0 saturated heterocycles. The molecule has 18 heavy (non-hydrogen) atoms. The van der Waals surface area contributed by atoms with E-state index < -0.39 is 29.5 Å². The number of rotatable bonds is 3. The van der Waals surface area contributed by atoms with Crippen LogP contribution >= 0.6 is 11.6 Å². The molecule has 100 valence electrons. The highest BCUT2D eigenvalue weighted by Gasteiger charge is 2.39. The van der Waals surface area contributed by atoms with Crippen LogP contribution < -0.4 is 0 Å². The van der Waals surface area contributed by atoms with E-state index in [1.165, 1.54) is 26.0 Å². The SMILES string of the molecule is CC(C)(CC(=O)O)c1c(Cl)cccc1C(F)(F)F. The highest BCUT2D eigenvalue weighted by atomic mass is 35.5. The minimum atomic E-state index is -4.56. The van der Waals surface area contributed by atoms with Crippen molar-refractivity contribution in [1.29, 1.82) is 0 Å². The molecule has 0 aliphatic carbocycles. The molecule has 1 aromatic rings. The molecule has 0 fully saturated rings. The molecular formula is C12H12ClF3O2. The maximum absolute atomic E-state index is 12.9. The fourth-order valence-electron chi connectivity index (χ4n) is 1.91. The van der Waals surface area contributed by atoms with Crippen LogP contribution in [-0.2, 0) is 16.4 Å². The van der Waals surface area contributed by atoms with Gasteiger partial charge in [0, 0.05) is 10.4 Å². The first-order valence-corrected chi connectivity index (χ1v) is 5.51. The van der Waals surface area contributed by atoms with Gasteiger partial charge in [0.25, 0.3) is 0 Å². The number of aliphatic carboxylic acids is 1. The molecule has 0 radical (unpaired) electrons. The van der Waals surface area contributed by atoms with Gasteiger partial charge in [0.2, 0.25) is 0 Å². The molecule has 6 heteroatoms. The summed E-state index contributed by atoms with van der Waals surface area (Å²) in [7, 11) is 0. The highest BCUT2D eigenvalue weighted by Crippen LogP contribution is 2.42. The van der Waals surface area contributed by atoms with Gasteiger partial charge in [-0.3, -0.25) is 4.79 Å². The number of benzene rings is 1. The molecule has 1 aromatic carbocycles. The van der Waals surface area contributed by atoms with Crippen LogP contribution in [0, 0.1) is 0 Å². The van der Waals surface area contributed by atoms with Gasteiger partial charge >= 0.3 is 12.1 Å². The lowest BCUT2D eigenvalue weighted by molar-refractivity contribution is -0.141. The number of carboxylic acids is 1. The predicted octanol–water partition coefficient (Wildman–Crippen LogP) is 4.11. The second kappa shape index (κ2) is 4.80. The molecule has 0 bridgehead atoms. The topological polar surface area (TPSA) is 37.3 Å². The maximum Gasteiger partial charge on any atom is 0.416 e. The van der Waals surface area contributed by atoms with Gasteiger partial charge in [0.05, 0.1) is 12.0 Å². The zero-order chi connectivity index (χ0) is 14.1. The highest BCUT2D eigenvalue weighted by molar-refractivity contribution is 6.31. The first-order valence-electron chi connectivity index (χ1n) is 5.13. The summed E-state index contributed by atoms with van der Waals surface area (Å²) in [5, 5.41) is 8.70. The van der Waals surface area contributed by atoms with Crippen molar-refractivity contribution < 1.29 is 23.1 Å². The van der Waals surface area contributed by atoms with E-state index in [0.29, 0.717) is 0 Å². The minimum absolute atomic E-state index is 0.0731. The first-order chi connectivity index (χ1) is 8.05. The molecular weight excluding hydrogens is 269 g/mol. The summed E-state index contributed by atoms with van der Waals surface area (Å²) in [6, 6.07) is 3.44. The van der Waals surface area contributed by atoms with E-state index in [1.807, 2.05) is 0 Å². The van der Waals surface area contributed by atoms with E-state index in [-0.39, 0.29) is 10.6 Å². The van der Waals surface area contributed by atoms with Crippen LogP contribution in [-0.4, -0.2) is 11.1 Å². The summed E-state index contributed by atoms with van der Waals surface area (Å²) < 4.78 is 38.7. The summed E-state index contributed by atoms with van der Waals surface area (Å²) in [4.78, 5) is 10.7. The summed E-state index contributed by atoms with van der Waals surface area (Å²) in [5.74, 6) is -1.17. The van der Waals surface area contributed by atoms with E-state index in [4.69, 9.17) is 16.7 Å². The second-order valence-electron chi connectivity index (χ2n) is 4.61. The number of carboxylic acid groups (broad SMARTS) is 1. The van der Waals surface area contributed by atoms with Crippen molar-refractivity contribution in [2.75, 3.05) is 0 Å². The van der Waals surface area contributed by atoms with Gasteiger partial charge in [0.1, 0.15) is 0 Å². The number of carbonyl (C=O) groups is 1. The van der Waals surface area contributed by atoms with Crippen molar-refractivity contribution in [3.05, 3.63) is 34.3 Å². The van der Waals surface area contributed by atoms with Crippen LogP contribution in [0.4, 0.5) is 13.2 Å². The van der Waals surface area contributed by atoms with E-state index in [1.54, 1.807) is 0 Å². The van der Waals surface area contributed by atoms with Crippen LogP contribution in [0.1, 0.15) is 31.4 Å². The summed E-state index contributed by atoms with van der Waals surface area (Å²) in [5.41, 5.74) is -2.27. The maximum atomic E-state index is 12.9. The van der Waals surface area contributed by atoms with Gasteiger partial charge in [-0.1, -0.05) is 31.5 Å². The Bertz CT molecular complexity index is 467. The third-order valence-electron chi connectivity index (χ3n) is 2.59. The van der Waals surface area contributed by atoms with Gasteiger partial charge in [-0.25, -0.2) is 0 Å². The quantitative estimate of drug-likeness (QED) is 0.904. The van der Waals surface area contributed by atoms with Crippen LogP contribution in [0.2, 0.25) is 5.02 Å². The zero-order valence-corrected chi connectivity index (χ0v) is 10.6.